The zero-order valence-corrected chi connectivity index (χ0v) is 15.1. The summed E-state index contributed by atoms with van der Waals surface area (Å²) in [5.74, 6) is -0.493. The molecule has 0 spiro atoms. The van der Waals surface area contributed by atoms with E-state index in [1.165, 1.54) is 36.4 Å². The third kappa shape index (κ3) is 4.39. The number of carbonyl (C=O) groups is 1. The molecule has 1 aromatic heterocycles. The summed E-state index contributed by atoms with van der Waals surface area (Å²) in [5, 5.41) is 33.4. The summed E-state index contributed by atoms with van der Waals surface area (Å²) < 4.78 is 10.8. The van der Waals surface area contributed by atoms with Crippen LogP contribution in [0.25, 0.3) is 0 Å². The Morgan fingerprint density at radius 1 is 1.10 bits per heavy atom. The van der Waals surface area contributed by atoms with Gasteiger partial charge >= 0.3 is 5.69 Å². The minimum atomic E-state index is -0.683. The topological polar surface area (TPSA) is 162 Å². The zero-order valence-electron chi connectivity index (χ0n) is 15.1. The fraction of sp³-hybridized carbons (Fsp3) is 0.0526. The first kappa shape index (κ1) is 20.0. The van der Waals surface area contributed by atoms with E-state index < -0.39 is 15.8 Å². The number of furan rings is 1. The first-order chi connectivity index (χ1) is 14.4. The Morgan fingerprint density at radius 2 is 1.87 bits per heavy atom. The van der Waals surface area contributed by atoms with Gasteiger partial charge in [0.15, 0.2) is 11.5 Å². The lowest BCUT2D eigenvalue weighted by molar-refractivity contribution is -0.386. The Hall–Kier alpha value is -4.72. The van der Waals surface area contributed by atoms with Gasteiger partial charge in [-0.05, 0) is 24.3 Å². The van der Waals surface area contributed by atoms with E-state index in [1.54, 1.807) is 12.1 Å². The molecule has 0 aliphatic carbocycles. The van der Waals surface area contributed by atoms with E-state index in [9.17, 15) is 25.0 Å². The van der Waals surface area contributed by atoms with Crippen molar-refractivity contribution >= 4 is 23.0 Å². The van der Waals surface area contributed by atoms with E-state index in [0.29, 0.717) is 0 Å². The van der Waals surface area contributed by atoms with Crippen LogP contribution in [-0.2, 0) is 6.61 Å². The molecule has 0 radical (unpaired) electrons. The van der Waals surface area contributed by atoms with E-state index >= 15 is 0 Å². The molecule has 3 rings (SSSR count). The lowest BCUT2D eigenvalue weighted by Gasteiger charge is -2.06. The Bertz CT molecular complexity index is 1180. The van der Waals surface area contributed by atoms with Crippen LogP contribution in [0, 0.1) is 31.6 Å². The average Bonchev–Trinajstić information content (AvgIpc) is 3.21. The van der Waals surface area contributed by atoms with Gasteiger partial charge in [-0.15, -0.1) is 0 Å². The van der Waals surface area contributed by atoms with Gasteiger partial charge in [-0.1, -0.05) is 12.1 Å². The van der Waals surface area contributed by atoms with Crippen LogP contribution in [0.4, 0.5) is 17.1 Å². The molecule has 30 heavy (non-hydrogen) atoms. The minimum Gasteiger partial charge on any atom is -0.479 e. The first-order valence-electron chi connectivity index (χ1n) is 8.34. The van der Waals surface area contributed by atoms with Gasteiger partial charge in [-0.2, -0.15) is 5.26 Å². The highest BCUT2D eigenvalue weighted by molar-refractivity contribution is 6.03. The van der Waals surface area contributed by atoms with Crippen molar-refractivity contribution in [2.75, 3.05) is 5.32 Å². The van der Waals surface area contributed by atoms with Gasteiger partial charge in [0.2, 0.25) is 0 Å². The van der Waals surface area contributed by atoms with Gasteiger partial charge in [-0.3, -0.25) is 25.0 Å². The number of nitriles is 1. The highest BCUT2D eigenvalue weighted by Crippen LogP contribution is 2.27. The van der Waals surface area contributed by atoms with Crippen LogP contribution in [0.2, 0.25) is 0 Å². The van der Waals surface area contributed by atoms with Crippen molar-refractivity contribution in [2.45, 2.75) is 6.61 Å². The normalized spacial score (nSPS) is 10.1. The number of para-hydroxylation sites is 2. The fourth-order valence-corrected chi connectivity index (χ4v) is 2.49. The maximum Gasteiger partial charge on any atom is 0.310 e. The molecule has 2 aromatic carbocycles. The van der Waals surface area contributed by atoms with E-state index in [-0.39, 0.29) is 46.5 Å². The zero-order chi connectivity index (χ0) is 21.7. The second-order valence-electron chi connectivity index (χ2n) is 5.83. The van der Waals surface area contributed by atoms with Gasteiger partial charge in [0.1, 0.15) is 18.4 Å². The summed E-state index contributed by atoms with van der Waals surface area (Å²) in [7, 11) is 0. The lowest BCUT2D eigenvalue weighted by atomic mass is 10.1. The van der Waals surface area contributed by atoms with Crippen LogP contribution in [0.1, 0.15) is 21.9 Å². The summed E-state index contributed by atoms with van der Waals surface area (Å²) in [6, 6.07) is 13.9. The quantitative estimate of drug-likeness (QED) is 0.456. The van der Waals surface area contributed by atoms with E-state index in [0.717, 1.165) is 12.1 Å². The summed E-state index contributed by atoms with van der Waals surface area (Å²) in [6.45, 7) is -0.154. The summed E-state index contributed by atoms with van der Waals surface area (Å²) in [6.07, 6.45) is 0. The molecule has 0 fully saturated rings. The number of non-ortho nitro benzene ring substituents is 1. The van der Waals surface area contributed by atoms with Crippen LogP contribution >= 0.6 is 0 Å². The highest BCUT2D eigenvalue weighted by atomic mass is 16.6. The second-order valence-corrected chi connectivity index (χ2v) is 5.83. The van der Waals surface area contributed by atoms with Crippen molar-refractivity contribution in [1.29, 1.82) is 5.26 Å². The number of hydrogen-bond donors (Lipinski definition) is 1. The predicted molar refractivity (Wildman–Crippen MR) is 102 cm³/mol. The molecule has 0 aliphatic rings. The first-order valence-corrected chi connectivity index (χ1v) is 8.34. The molecular weight excluding hydrogens is 396 g/mol. The summed E-state index contributed by atoms with van der Waals surface area (Å²) in [4.78, 5) is 32.9. The molecule has 11 nitrogen and oxygen atoms in total. The van der Waals surface area contributed by atoms with Gasteiger partial charge in [0.05, 0.1) is 21.1 Å². The smallest absolute Gasteiger partial charge is 0.310 e. The number of amides is 1. The van der Waals surface area contributed by atoms with Crippen molar-refractivity contribution in [2.24, 2.45) is 0 Å². The number of ether oxygens (including phenoxy) is 1. The standard InChI is InChI=1S/C19H12N4O7/c20-10-12-9-13(22(25)26)5-7-15(12)21-19(24)18-8-6-14(30-18)11-29-17-4-2-1-3-16(17)23(27)28/h1-9H,11H2,(H,21,24). The lowest BCUT2D eigenvalue weighted by Crippen LogP contribution is -2.12. The molecule has 0 aliphatic heterocycles. The SMILES string of the molecule is N#Cc1cc([N+](=O)[O-])ccc1NC(=O)c1ccc(COc2ccccc2[N+](=O)[O-])o1. The van der Waals surface area contributed by atoms with Crippen molar-refractivity contribution in [3.8, 4) is 11.8 Å². The van der Waals surface area contributed by atoms with Crippen molar-refractivity contribution in [3.63, 3.8) is 0 Å². The fourth-order valence-electron chi connectivity index (χ4n) is 2.49. The summed E-state index contributed by atoms with van der Waals surface area (Å²) in [5.41, 5.74) is -0.479. The Balaban J connectivity index is 1.69. The van der Waals surface area contributed by atoms with E-state index in [2.05, 4.69) is 5.32 Å². The number of rotatable bonds is 7. The van der Waals surface area contributed by atoms with Crippen molar-refractivity contribution < 1.29 is 23.8 Å². The highest BCUT2D eigenvalue weighted by Gasteiger charge is 2.18. The molecule has 150 valence electrons. The van der Waals surface area contributed by atoms with Crippen LogP contribution in [0.5, 0.6) is 5.75 Å². The number of hydrogen-bond acceptors (Lipinski definition) is 8. The molecule has 0 saturated carbocycles. The molecule has 0 atom stereocenters. The molecule has 11 heteroatoms. The Morgan fingerprint density at radius 3 is 2.57 bits per heavy atom. The van der Waals surface area contributed by atoms with Crippen LogP contribution in [0.3, 0.4) is 0 Å². The predicted octanol–water partition coefficient (Wildman–Crippen LogP) is 3.80. The number of nitro groups is 2. The third-order valence-electron chi connectivity index (χ3n) is 3.90. The minimum absolute atomic E-state index is 0.0504. The molecule has 3 aromatic rings. The molecule has 1 N–H and O–H groups in total. The molecule has 0 bridgehead atoms. The average molecular weight is 408 g/mol. The largest absolute Gasteiger partial charge is 0.479 e. The molecular formula is C19H12N4O7. The molecule has 0 saturated heterocycles. The third-order valence-corrected chi connectivity index (χ3v) is 3.90. The number of nitrogens with zero attached hydrogens (tertiary/aromatic N) is 3. The molecule has 0 unspecified atom stereocenters. The Kier molecular flexibility index (Phi) is 5.69. The molecule has 1 amide bonds. The van der Waals surface area contributed by atoms with Gasteiger partial charge < -0.3 is 14.5 Å². The van der Waals surface area contributed by atoms with E-state index in [1.807, 2.05) is 0 Å². The van der Waals surface area contributed by atoms with Crippen LogP contribution in [0.15, 0.2) is 59.0 Å². The van der Waals surface area contributed by atoms with Gasteiger partial charge in [-0.25, -0.2) is 0 Å². The number of carbonyl (C=O) groups excluding carboxylic acids is 1. The van der Waals surface area contributed by atoms with Crippen LogP contribution < -0.4 is 10.1 Å². The summed E-state index contributed by atoms with van der Waals surface area (Å²) >= 11 is 0. The van der Waals surface area contributed by atoms with Crippen molar-refractivity contribution in [3.05, 3.63) is 91.9 Å². The van der Waals surface area contributed by atoms with Gasteiger partial charge in [0.25, 0.3) is 11.6 Å². The number of anilines is 1. The number of nitrogens with one attached hydrogen (secondary N) is 1. The number of benzene rings is 2. The van der Waals surface area contributed by atoms with Crippen molar-refractivity contribution in [1.82, 2.24) is 0 Å². The maximum absolute atomic E-state index is 12.4. The Labute approximate surface area is 168 Å². The van der Waals surface area contributed by atoms with Crippen LogP contribution in [-0.4, -0.2) is 15.8 Å². The second kappa shape index (κ2) is 8.53. The van der Waals surface area contributed by atoms with E-state index in [4.69, 9.17) is 14.4 Å². The monoisotopic (exact) mass is 408 g/mol. The number of nitro benzene ring substituents is 2. The molecule has 1 heterocycles. The maximum atomic E-state index is 12.4. The van der Waals surface area contributed by atoms with Gasteiger partial charge in [0, 0.05) is 18.2 Å².